The highest BCUT2D eigenvalue weighted by molar-refractivity contribution is 7.99. The van der Waals surface area contributed by atoms with E-state index in [1.54, 1.807) is 12.4 Å². The molecule has 92 valence electrons. The second-order valence-corrected chi connectivity index (χ2v) is 5.12. The molecule has 3 rings (SSSR count). The summed E-state index contributed by atoms with van der Waals surface area (Å²) >= 11 is 1.45. The van der Waals surface area contributed by atoms with Crippen LogP contribution in [0.15, 0.2) is 34.6 Å². The van der Waals surface area contributed by atoms with Gasteiger partial charge in [-0.1, -0.05) is 0 Å². The molecule has 1 aliphatic rings. The highest BCUT2D eigenvalue weighted by atomic mass is 32.2. The van der Waals surface area contributed by atoms with Gasteiger partial charge in [-0.2, -0.15) is 0 Å². The first-order valence-electron chi connectivity index (χ1n) is 5.62. The second-order valence-electron chi connectivity index (χ2n) is 4.09. The van der Waals surface area contributed by atoms with Gasteiger partial charge in [-0.05, 0) is 35.9 Å². The standard InChI is InChI=1S/C12H12N4OS/c13-8-5-7-1-2-11(17)16-9(7)6-10(8)18-12-14-3-4-15-12/h3-6H,1-2,13H2,(H,14,15)(H,16,17). The Morgan fingerprint density at radius 1 is 1.33 bits per heavy atom. The van der Waals surface area contributed by atoms with E-state index < -0.39 is 0 Å². The molecule has 0 saturated carbocycles. The number of imidazole rings is 1. The van der Waals surface area contributed by atoms with Gasteiger partial charge >= 0.3 is 0 Å². The minimum atomic E-state index is 0.0567. The van der Waals surface area contributed by atoms with E-state index in [0.29, 0.717) is 12.1 Å². The summed E-state index contributed by atoms with van der Waals surface area (Å²) in [7, 11) is 0. The zero-order valence-corrected chi connectivity index (χ0v) is 10.4. The quantitative estimate of drug-likeness (QED) is 0.721. The smallest absolute Gasteiger partial charge is 0.224 e. The van der Waals surface area contributed by atoms with Crippen LogP contribution in [0.25, 0.3) is 0 Å². The van der Waals surface area contributed by atoms with E-state index >= 15 is 0 Å². The molecule has 2 aromatic rings. The third-order valence-electron chi connectivity index (χ3n) is 2.81. The molecule has 0 atom stereocenters. The van der Waals surface area contributed by atoms with Gasteiger partial charge in [0.1, 0.15) is 0 Å². The van der Waals surface area contributed by atoms with E-state index in [-0.39, 0.29) is 5.91 Å². The topological polar surface area (TPSA) is 83.8 Å². The number of aromatic amines is 1. The molecular weight excluding hydrogens is 248 g/mol. The van der Waals surface area contributed by atoms with Crippen molar-refractivity contribution in [3.63, 3.8) is 0 Å². The van der Waals surface area contributed by atoms with Crippen LogP contribution >= 0.6 is 11.8 Å². The maximum atomic E-state index is 11.4. The monoisotopic (exact) mass is 260 g/mol. The molecule has 0 saturated heterocycles. The Morgan fingerprint density at radius 3 is 3.00 bits per heavy atom. The summed E-state index contributed by atoms with van der Waals surface area (Å²) in [4.78, 5) is 19.4. The lowest BCUT2D eigenvalue weighted by Crippen LogP contribution is -2.19. The molecule has 18 heavy (non-hydrogen) atoms. The third-order valence-corrected chi connectivity index (χ3v) is 3.80. The maximum Gasteiger partial charge on any atom is 0.224 e. The Labute approximate surface area is 108 Å². The average molecular weight is 260 g/mol. The molecule has 0 unspecified atom stereocenters. The van der Waals surface area contributed by atoms with Gasteiger partial charge in [0, 0.05) is 35.1 Å². The van der Waals surface area contributed by atoms with Crippen molar-refractivity contribution in [2.24, 2.45) is 0 Å². The number of anilines is 2. The van der Waals surface area contributed by atoms with Gasteiger partial charge < -0.3 is 16.0 Å². The molecule has 1 aliphatic heterocycles. The number of hydrogen-bond donors (Lipinski definition) is 3. The van der Waals surface area contributed by atoms with Crippen LogP contribution in [0.1, 0.15) is 12.0 Å². The highest BCUT2D eigenvalue weighted by Crippen LogP contribution is 2.35. The molecule has 0 spiro atoms. The van der Waals surface area contributed by atoms with Crippen molar-refractivity contribution in [2.75, 3.05) is 11.1 Å². The SMILES string of the molecule is Nc1cc2c(cc1Sc1ncc[nH]1)NC(=O)CC2. The molecule has 0 aliphatic carbocycles. The van der Waals surface area contributed by atoms with Crippen molar-refractivity contribution < 1.29 is 4.79 Å². The van der Waals surface area contributed by atoms with E-state index in [4.69, 9.17) is 5.73 Å². The summed E-state index contributed by atoms with van der Waals surface area (Å²) in [5.74, 6) is 0.0567. The number of benzene rings is 1. The lowest BCUT2D eigenvalue weighted by molar-refractivity contribution is -0.116. The predicted molar refractivity (Wildman–Crippen MR) is 70.5 cm³/mol. The molecular formula is C12H12N4OS. The van der Waals surface area contributed by atoms with Gasteiger partial charge in [0.15, 0.2) is 5.16 Å². The number of aromatic nitrogens is 2. The third kappa shape index (κ3) is 2.06. The number of fused-ring (bicyclic) bond motifs is 1. The first kappa shape index (κ1) is 11.2. The van der Waals surface area contributed by atoms with Crippen LogP contribution in [0.4, 0.5) is 11.4 Å². The van der Waals surface area contributed by atoms with E-state index in [2.05, 4.69) is 15.3 Å². The van der Waals surface area contributed by atoms with Crippen LogP contribution in [0.2, 0.25) is 0 Å². The maximum absolute atomic E-state index is 11.4. The summed E-state index contributed by atoms with van der Waals surface area (Å²) < 4.78 is 0. The molecule has 5 nitrogen and oxygen atoms in total. The number of rotatable bonds is 2. The fraction of sp³-hybridized carbons (Fsp3) is 0.167. The number of hydrogen-bond acceptors (Lipinski definition) is 4. The van der Waals surface area contributed by atoms with Crippen LogP contribution in [0.3, 0.4) is 0 Å². The van der Waals surface area contributed by atoms with Crippen LogP contribution in [-0.2, 0) is 11.2 Å². The number of nitrogen functional groups attached to an aromatic ring is 1. The summed E-state index contributed by atoms with van der Waals surface area (Å²) in [5.41, 5.74) is 8.68. The number of nitrogens with one attached hydrogen (secondary N) is 2. The molecule has 0 radical (unpaired) electrons. The van der Waals surface area contributed by atoms with Crippen molar-refractivity contribution in [3.05, 3.63) is 30.1 Å². The number of H-pyrrole nitrogens is 1. The van der Waals surface area contributed by atoms with Crippen molar-refractivity contribution in [1.29, 1.82) is 0 Å². The van der Waals surface area contributed by atoms with Gasteiger partial charge in [0.05, 0.1) is 0 Å². The molecule has 1 aromatic heterocycles. The molecule has 4 N–H and O–H groups in total. The van der Waals surface area contributed by atoms with Crippen molar-refractivity contribution in [1.82, 2.24) is 9.97 Å². The number of nitrogens with zero attached hydrogens (tertiary/aromatic N) is 1. The lowest BCUT2D eigenvalue weighted by Gasteiger charge is -2.18. The number of carbonyl (C=O) groups excluding carboxylic acids is 1. The Kier molecular flexibility index (Phi) is 2.71. The zero-order valence-electron chi connectivity index (χ0n) is 9.56. The van der Waals surface area contributed by atoms with E-state index in [1.165, 1.54) is 11.8 Å². The van der Waals surface area contributed by atoms with Crippen molar-refractivity contribution in [2.45, 2.75) is 22.9 Å². The molecule has 0 fully saturated rings. The summed E-state index contributed by atoms with van der Waals surface area (Å²) in [6.45, 7) is 0. The lowest BCUT2D eigenvalue weighted by atomic mass is 10.0. The van der Waals surface area contributed by atoms with Crippen LogP contribution in [-0.4, -0.2) is 15.9 Å². The Bertz CT molecular complexity index is 594. The second kappa shape index (κ2) is 4.38. The Hall–Kier alpha value is -1.95. The Morgan fingerprint density at radius 2 is 2.22 bits per heavy atom. The molecule has 2 heterocycles. The van der Waals surface area contributed by atoms with Crippen LogP contribution in [0, 0.1) is 0 Å². The van der Waals surface area contributed by atoms with E-state index in [9.17, 15) is 4.79 Å². The summed E-state index contributed by atoms with van der Waals surface area (Å²) in [6.07, 6.45) is 4.73. The zero-order chi connectivity index (χ0) is 12.5. The van der Waals surface area contributed by atoms with Crippen LogP contribution in [0.5, 0.6) is 0 Å². The first-order valence-corrected chi connectivity index (χ1v) is 6.43. The van der Waals surface area contributed by atoms with Gasteiger partial charge in [-0.3, -0.25) is 4.79 Å². The molecule has 1 aromatic carbocycles. The number of carbonyl (C=O) groups is 1. The molecule has 6 heteroatoms. The van der Waals surface area contributed by atoms with E-state index in [0.717, 1.165) is 27.7 Å². The van der Waals surface area contributed by atoms with Crippen LogP contribution < -0.4 is 11.1 Å². The van der Waals surface area contributed by atoms with Gasteiger partial charge in [0.25, 0.3) is 0 Å². The minimum absolute atomic E-state index is 0.0567. The summed E-state index contributed by atoms with van der Waals surface area (Å²) in [6, 6.07) is 3.84. The van der Waals surface area contributed by atoms with Gasteiger partial charge in [-0.15, -0.1) is 0 Å². The van der Waals surface area contributed by atoms with Crippen molar-refractivity contribution >= 4 is 29.0 Å². The number of amides is 1. The molecule has 1 amide bonds. The highest BCUT2D eigenvalue weighted by Gasteiger charge is 2.17. The molecule has 0 bridgehead atoms. The number of nitrogens with two attached hydrogens (primary N) is 1. The van der Waals surface area contributed by atoms with E-state index in [1.807, 2.05) is 12.1 Å². The Balaban J connectivity index is 1.95. The fourth-order valence-electron chi connectivity index (χ4n) is 1.93. The fourth-order valence-corrected chi connectivity index (χ4v) is 2.73. The number of aryl methyl sites for hydroxylation is 1. The first-order chi connectivity index (χ1) is 8.72. The normalized spacial score (nSPS) is 14.1. The van der Waals surface area contributed by atoms with Crippen molar-refractivity contribution in [3.8, 4) is 0 Å². The van der Waals surface area contributed by atoms with Gasteiger partial charge in [0.2, 0.25) is 5.91 Å². The average Bonchev–Trinajstić information content (AvgIpc) is 2.83. The van der Waals surface area contributed by atoms with Gasteiger partial charge in [-0.25, -0.2) is 4.98 Å². The summed E-state index contributed by atoms with van der Waals surface area (Å²) in [5, 5.41) is 3.65. The predicted octanol–water partition coefficient (Wildman–Crippen LogP) is 2.03. The largest absolute Gasteiger partial charge is 0.398 e. The minimum Gasteiger partial charge on any atom is -0.398 e.